The van der Waals surface area contributed by atoms with Crippen LogP contribution in [0.1, 0.15) is 51.4 Å². The van der Waals surface area contributed by atoms with Crippen molar-refractivity contribution in [1.29, 1.82) is 0 Å². The van der Waals surface area contributed by atoms with E-state index in [1.165, 1.54) is 0 Å². The maximum atomic E-state index is 12.2. The number of carbonyl (C=O) groups excluding carboxylic acids is 2. The fraction of sp³-hybridized carbons (Fsp3) is 0.294. The predicted molar refractivity (Wildman–Crippen MR) is 83.5 cm³/mol. The quantitative estimate of drug-likeness (QED) is 0.817. The van der Waals surface area contributed by atoms with Crippen LogP contribution in [-0.4, -0.2) is 16.4 Å². The van der Waals surface area contributed by atoms with Crippen molar-refractivity contribution in [2.75, 3.05) is 0 Å². The predicted octanol–water partition coefficient (Wildman–Crippen LogP) is 3.10. The number of imide groups is 1. The lowest BCUT2D eigenvalue weighted by Crippen LogP contribution is -2.20. The van der Waals surface area contributed by atoms with E-state index in [9.17, 15) is 9.59 Å². The van der Waals surface area contributed by atoms with Gasteiger partial charge in [-0.05, 0) is 44.9 Å². The van der Waals surface area contributed by atoms with E-state index in [2.05, 4.69) is 9.88 Å². The topological polar surface area (TPSA) is 51.1 Å². The lowest BCUT2D eigenvalue weighted by molar-refractivity contribution is 0.0880. The van der Waals surface area contributed by atoms with Crippen LogP contribution in [0.3, 0.4) is 0 Å². The number of hydrogen-bond donors (Lipinski definition) is 1. The molecule has 3 rings (SSSR count). The Bertz CT molecular complexity index is 854. The minimum atomic E-state index is -0.303. The second-order valence-electron chi connectivity index (χ2n) is 5.59. The van der Waals surface area contributed by atoms with Crippen LogP contribution in [0, 0.1) is 13.8 Å². The smallest absolute Gasteiger partial charge is 0.259 e. The molecule has 1 aromatic heterocycles. The van der Waals surface area contributed by atoms with Gasteiger partial charge in [0.05, 0.1) is 16.6 Å². The number of amides is 2. The summed E-state index contributed by atoms with van der Waals surface area (Å²) in [6, 6.07) is 1.84. The van der Waals surface area contributed by atoms with E-state index in [-0.39, 0.29) is 11.8 Å². The molecule has 0 bridgehead atoms. The fourth-order valence-corrected chi connectivity index (χ4v) is 3.09. The molecule has 1 aromatic carbocycles. The summed E-state index contributed by atoms with van der Waals surface area (Å²) < 4.78 is 2.10. The standard InChI is InChI=1S/C17H18N2O2/c1-6-8(2)11-7-12-14(17(21)18-16(12)20)13-9(3)10(4)19(5)15(11)13/h6-7H,1-5H3,(H,18,20,21). The Morgan fingerprint density at radius 2 is 1.90 bits per heavy atom. The Labute approximate surface area is 123 Å². The van der Waals surface area contributed by atoms with Crippen LogP contribution >= 0.6 is 0 Å². The van der Waals surface area contributed by atoms with Crippen molar-refractivity contribution in [2.45, 2.75) is 27.7 Å². The minimum absolute atomic E-state index is 0.293. The Hall–Kier alpha value is -2.36. The summed E-state index contributed by atoms with van der Waals surface area (Å²) in [5.74, 6) is -0.596. The molecule has 4 nitrogen and oxygen atoms in total. The van der Waals surface area contributed by atoms with Gasteiger partial charge < -0.3 is 4.57 Å². The van der Waals surface area contributed by atoms with Crippen LogP contribution in [0.2, 0.25) is 0 Å². The highest BCUT2D eigenvalue weighted by Gasteiger charge is 2.32. The second-order valence-corrected chi connectivity index (χ2v) is 5.59. The van der Waals surface area contributed by atoms with Crippen molar-refractivity contribution < 1.29 is 9.59 Å². The van der Waals surface area contributed by atoms with E-state index in [4.69, 9.17) is 0 Å². The summed E-state index contributed by atoms with van der Waals surface area (Å²) in [5, 5.41) is 3.30. The van der Waals surface area contributed by atoms with Gasteiger partial charge in [0.25, 0.3) is 11.8 Å². The molecular weight excluding hydrogens is 264 g/mol. The van der Waals surface area contributed by atoms with Gasteiger partial charge in [0.2, 0.25) is 0 Å². The number of aromatic nitrogens is 1. The molecule has 0 fully saturated rings. The molecule has 0 saturated carbocycles. The van der Waals surface area contributed by atoms with Gasteiger partial charge in [-0.2, -0.15) is 0 Å². The zero-order chi connectivity index (χ0) is 15.5. The lowest BCUT2D eigenvalue weighted by atomic mass is 9.94. The van der Waals surface area contributed by atoms with Crippen LogP contribution in [0.25, 0.3) is 16.5 Å². The van der Waals surface area contributed by atoms with Gasteiger partial charge in [0.1, 0.15) is 0 Å². The summed E-state index contributed by atoms with van der Waals surface area (Å²) in [7, 11) is 2.00. The Kier molecular flexibility index (Phi) is 2.80. The zero-order valence-electron chi connectivity index (χ0n) is 12.9. The van der Waals surface area contributed by atoms with Crippen molar-refractivity contribution in [3.8, 4) is 0 Å². The monoisotopic (exact) mass is 282 g/mol. The Morgan fingerprint density at radius 3 is 2.52 bits per heavy atom. The summed E-state index contributed by atoms with van der Waals surface area (Å²) >= 11 is 0. The maximum absolute atomic E-state index is 12.2. The molecule has 2 amide bonds. The second kappa shape index (κ2) is 4.32. The molecule has 1 aliphatic rings. The van der Waals surface area contributed by atoms with Gasteiger partial charge >= 0.3 is 0 Å². The van der Waals surface area contributed by atoms with Gasteiger partial charge in [0, 0.05) is 23.7 Å². The number of nitrogens with one attached hydrogen (secondary N) is 1. The molecule has 108 valence electrons. The molecule has 0 spiro atoms. The first-order chi connectivity index (χ1) is 9.88. The summed E-state index contributed by atoms with van der Waals surface area (Å²) in [4.78, 5) is 24.2. The highest BCUT2D eigenvalue weighted by molar-refractivity contribution is 6.27. The number of benzene rings is 1. The molecule has 4 heteroatoms. The average molecular weight is 282 g/mol. The number of allylic oxidation sites excluding steroid dienone is 2. The summed E-state index contributed by atoms with van der Waals surface area (Å²) in [6.45, 7) is 8.03. The van der Waals surface area contributed by atoms with Gasteiger partial charge in [-0.3, -0.25) is 14.9 Å². The highest BCUT2D eigenvalue weighted by atomic mass is 16.2. The minimum Gasteiger partial charge on any atom is -0.347 e. The first-order valence-electron chi connectivity index (χ1n) is 7.00. The summed E-state index contributed by atoms with van der Waals surface area (Å²) in [6.07, 6.45) is 2.02. The van der Waals surface area contributed by atoms with E-state index in [1.807, 2.05) is 46.9 Å². The number of rotatable bonds is 1. The van der Waals surface area contributed by atoms with Crippen LogP contribution in [0.15, 0.2) is 12.1 Å². The van der Waals surface area contributed by atoms with Crippen LogP contribution < -0.4 is 5.32 Å². The number of nitrogens with zero attached hydrogens (tertiary/aromatic N) is 1. The van der Waals surface area contributed by atoms with Crippen molar-refractivity contribution in [3.05, 3.63) is 40.1 Å². The first-order valence-corrected chi connectivity index (χ1v) is 7.00. The number of carbonyl (C=O) groups is 2. The molecule has 2 heterocycles. The molecule has 1 aliphatic heterocycles. The molecule has 0 unspecified atom stereocenters. The van der Waals surface area contributed by atoms with E-state index in [0.29, 0.717) is 11.1 Å². The fourth-order valence-electron chi connectivity index (χ4n) is 3.09. The van der Waals surface area contributed by atoms with Crippen LogP contribution in [0.4, 0.5) is 0 Å². The third kappa shape index (κ3) is 1.62. The maximum Gasteiger partial charge on any atom is 0.259 e. The van der Waals surface area contributed by atoms with Crippen molar-refractivity contribution >= 4 is 28.3 Å². The van der Waals surface area contributed by atoms with E-state index in [0.717, 1.165) is 33.3 Å². The SMILES string of the molecule is CC=C(C)c1cc2c(c3c(C)c(C)n(C)c13)C(=O)NC2=O. The van der Waals surface area contributed by atoms with Crippen LogP contribution in [0.5, 0.6) is 0 Å². The molecule has 0 aliphatic carbocycles. The molecule has 0 atom stereocenters. The number of aryl methyl sites for hydroxylation is 2. The van der Waals surface area contributed by atoms with Crippen molar-refractivity contribution in [1.82, 2.24) is 9.88 Å². The van der Waals surface area contributed by atoms with Crippen molar-refractivity contribution in [2.24, 2.45) is 7.05 Å². The first kappa shape index (κ1) is 13.6. The van der Waals surface area contributed by atoms with Gasteiger partial charge in [-0.1, -0.05) is 6.08 Å². The van der Waals surface area contributed by atoms with Gasteiger partial charge in [-0.25, -0.2) is 0 Å². The van der Waals surface area contributed by atoms with E-state index < -0.39 is 0 Å². The Balaban J connectivity index is 2.61. The molecule has 2 aromatic rings. The Morgan fingerprint density at radius 1 is 1.24 bits per heavy atom. The average Bonchev–Trinajstić information content (AvgIpc) is 2.87. The van der Waals surface area contributed by atoms with E-state index in [1.54, 1.807) is 0 Å². The summed E-state index contributed by atoms with van der Waals surface area (Å²) in [5.41, 5.74) is 6.28. The lowest BCUT2D eigenvalue weighted by Gasteiger charge is -2.10. The van der Waals surface area contributed by atoms with E-state index >= 15 is 0 Å². The third-order valence-corrected chi connectivity index (χ3v) is 4.61. The zero-order valence-corrected chi connectivity index (χ0v) is 12.9. The third-order valence-electron chi connectivity index (χ3n) is 4.61. The highest BCUT2D eigenvalue weighted by Crippen LogP contribution is 2.37. The molecule has 0 saturated heterocycles. The van der Waals surface area contributed by atoms with Crippen molar-refractivity contribution in [3.63, 3.8) is 0 Å². The normalized spacial score (nSPS) is 14.8. The van der Waals surface area contributed by atoms with Gasteiger partial charge in [0.15, 0.2) is 0 Å². The van der Waals surface area contributed by atoms with Crippen LogP contribution in [-0.2, 0) is 7.05 Å². The van der Waals surface area contributed by atoms with Gasteiger partial charge in [-0.15, -0.1) is 0 Å². The molecule has 1 N–H and O–H groups in total. The number of hydrogen-bond acceptors (Lipinski definition) is 2. The molecule has 21 heavy (non-hydrogen) atoms. The molecular formula is C17H18N2O2. The number of fused-ring (bicyclic) bond motifs is 3. The largest absolute Gasteiger partial charge is 0.347 e. The molecule has 0 radical (unpaired) electrons.